The van der Waals surface area contributed by atoms with Crippen LogP contribution in [0.25, 0.3) is 10.9 Å². The minimum Gasteiger partial charge on any atom is -0.348 e. The molecule has 0 bridgehead atoms. The highest BCUT2D eigenvalue weighted by Crippen LogP contribution is 2.30. The summed E-state index contributed by atoms with van der Waals surface area (Å²) in [4.78, 5) is 12.8. The Morgan fingerprint density at radius 3 is 2.32 bits per heavy atom. The fraction of sp³-hybridized carbons (Fsp3) is 0.125. The zero-order valence-electron chi connectivity index (χ0n) is 16.8. The molecule has 158 valence electrons. The molecule has 0 fully saturated rings. The van der Waals surface area contributed by atoms with Gasteiger partial charge in [-0.3, -0.25) is 4.79 Å². The van der Waals surface area contributed by atoms with E-state index in [4.69, 9.17) is 0 Å². The Kier molecular flexibility index (Phi) is 5.61. The van der Waals surface area contributed by atoms with Crippen LogP contribution in [0, 0.1) is 5.82 Å². The summed E-state index contributed by atoms with van der Waals surface area (Å²) in [5, 5.41) is 3.45. The number of amides is 1. The Hall–Kier alpha value is -3.45. The standard InChI is InChI=1S/C24H21FN2O3S/c1-17(18-7-3-2-4-8-18)26-24(28)16-27-15-23(21-9-5-6-10-22(21)27)31(29,30)20-13-11-19(25)12-14-20/h2-15,17H,16H2,1H3,(H,26,28). The molecule has 5 nitrogen and oxygen atoms in total. The molecule has 0 radical (unpaired) electrons. The normalized spacial score (nSPS) is 12.6. The van der Waals surface area contributed by atoms with Gasteiger partial charge < -0.3 is 9.88 Å². The van der Waals surface area contributed by atoms with E-state index in [0.717, 1.165) is 17.7 Å². The second-order valence-electron chi connectivity index (χ2n) is 7.30. The molecule has 0 saturated carbocycles. The second-order valence-corrected chi connectivity index (χ2v) is 9.21. The van der Waals surface area contributed by atoms with Gasteiger partial charge in [0.2, 0.25) is 15.7 Å². The maximum absolute atomic E-state index is 13.3. The lowest BCUT2D eigenvalue weighted by atomic mass is 10.1. The number of halogens is 1. The number of hydrogen-bond donors (Lipinski definition) is 1. The molecular formula is C24H21FN2O3S. The molecule has 0 spiro atoms. The molecule has 0 saturated heterocycles. The van der Waals surface area contributed by atoms with Crippen molar-refractivity contribution in [2.75, 3.05) is 0 Å². The first-order chi connectivity index (χ1) is 14.9. The SMILES string of the molecule is CC(NC(=O)Cn1cc(S(=O)(=O)c2ccc(F)cc2)c2ccccc21)c1ccccc1. The Bertz CT molecular complexity index is 1330. The van der Waals surface area contributed by atoms with Gasteiger partial charge in [0.1, 0.15) is 12.4 Å². The van der Waals surface area contributed by atoms with Gasteiger partial charge in [0.05, 0.1) is 15.8 Å². The second kappa shape index (κ2) is 8.35. The first-order valence-electron chi connectivity index (χ1n) is 9.79. The van der Waals surface area contributed by atoms with Gasteiger partial charge in [-0.15, -0.1) is 0 Å². The van der Waals surface area contributed by atoms with Crippen molar-refractivity contribution in [3.63, 3.8) is 0 Å². The van der Waals surface area contributed by atoms with Gasteiger partial charge in [0.25, 0.3) is 0 Å². The van der Waals surface area contributed by atoms with Gasteiger partial charge in [-0.1, -0.05) is 48.5 Å². The van der Waals surface area contributed by atoms with Gasteiger partial charge in [-0.25, -0.2) is 12.8 Å². The van der Waals surface area contributed by atoms with Crippen LogP contribution in [0.4, 0.5) is 4.39 Å². The van der Waals surface area contributed by atoms with Crippen molar-refractivity contribution >= 4 is 26.6 Å². The Labute approximate surface area is 180 Å². The minimum atomic E-state index is -3.88. The summed E-state index contributed by atoms with van der Waals surface area (Å²) in [6.45, 7) is 1.86. The maximum Gasteiger partial charge on any atom is 0.240 e. The van der Waals surface area contributed by atoms with Crippen molar-refractivity contribution in [3.05, 3.63) is 96.4 Å². The van der Waals surface area contributed by atoms with Crippen LogP contribution in [-0.4, -0.2) is 18.9 Å². The van der Waals surface area contributed by atoms with Gasteiger partial charge in [0.15, 0.2) is 0 Å². The predicted molar refractivity (Wildman–Crippen MR) is 117 cm³/mol. The van der Waals surface area contributed by atoms with E-state index in [2.05, 4.69) is 5.32 Å². The smallest absolute Gasteiger partial charge is 0.240 e. The van der Waals surface area contributed by atoms with Crippen LogP contribution in [0.15, 0.2) is 94.9 Å². The van der Waals surface area contributed by atoms with Crippen molar-refractivity contribution in [1.82, 2.24) is 9.88 Å². The zero-order valence-corrected chi connectivity index (χ0v) is 17.6. The van der Waals surface area contributed by atoms with E-state index in [0.29, 0.717) is 10.9 Å². The first-order valence-corrected chi connectivity index (χ1v) is 11.3. The van der Waals surface area contributed by atoms with E-state index in [9.17, 15) is 17.6 Å². The highest BCUT2D eigenvalue weighted by atomic mass is 32.2. The Balaban J connectivity index is 1.65. The number of aromatic nitrogens is 1. The van der Waals surface area contributed by atoms with Crippen molar-refractivity contribution in [2.24, 2.45) is 0 Å². The van der Waals surface area contributed by atoms with Crippen molar-refractivity contribution in [3.8, 4) is 0 Å². The Morgan fingerprint density at radius 1 is 0.968 bits per heavy atom. The van der Waals surface area contributed by atoms with Gasteiger partial charge in [-0.2, -0.15) is 0 Å². The number of fused-ring (bicyclic) bond motifs is 1. The quantitative estimate of drug-likeness (QED) is 0.453. The largest absolute Gasteiger partial charge is 0.348 e. The lowest BCUT2D eigenvalue weighted by molar-refractivity contribution is -0.122. The van der Waals surface area contributed by atoms with Crippen LogP contribution >= 0.6 is 0 Å². The molecule has 1 amide bonds. The average molecular weight is 437 g/mol. The third kappa shape index (κ3) is 4.22. The monoisotopic (exact) mass is 436 g/mol. The fourth-order valence-electron chi connectivity index (χ4n) is 3.57. The minimum absolute atomic E-state index is 0.000968. The zero-order chi connectivity index (χ0) is 22.0. The van der Waals surface area contributed by atoms with Gasteiger partial charge in [-0.05, 0) is 42.8 Å². The van der Waals surface area contributed by atoms with Crippen LogP contribution < -0.4 is 5.32 Å². The van der Waals surface area contributed by atoms with E-state index in [1.807, 2.05) is 37.3 Å². The summed E-state index contributed by atoms with van der Waals surface area (Å²) >= 11 is 0. The molecule has 1 N–H and O–H groups in total. The van der Waals surface area contributed by atoms with E-state index in [1.165, 1.54) is 18.3 Å². The lowest BCUT2D eigenvalue weighted by Crippen LogP contribution is -2.29. The topological polar surface area (TPSA) is 68.2 Å². The van der Waals surface area contributed by atoms with Crippen molar-refractivity contribution < 1.29 is 17.6 Å². The third-order valence-corrected chi connectivity index (χ3v) is 6.95. The van der Waals surface area contributed by atoms with Gasteiger partial charge >= 0.3 is 0 Å². The maximum atomic E-state index is 13.3. The average Bonchev–Trinajstić information content (AvgIpc) is 3.14. The highest BCUT2D eigenvalue weighted by molar-refractivity contribution is 7.91. The van der Waals surface area contributed by atoms with Crippen molar-refractivity contribution in [2.45, 2.75) is 29.3 Å². The predicted octanol–water partition coefficient (Wildman–Crippen LogP) is 4.49. The molecule has 0 aliphatic heterocycles. The number of carbonyl (C=O) groups is 1. The molecule has 1 unspecified atom stereocenters. The molecular weight excluding hydrogens is 415 g/mol. The molecule has 31 heavy (non-hydrogen) atoms. The number of nitrogens with one attached hydrogen (secondary N) is 1. The van der Waals surface area contributed by atoms with Crippen LogP contribution in [0.1, 0.15) is 18.5 Å². The molecule has 4 rings (SSSR count). The third-order valence-electron chi connectivity index (χ3n) is 5.16. The molecule has 1 heterocycles. The van der Waals surface area contributed by atoms with Crippen LogP contribution in [0.3, 0.4) is 0 Å². The number of carbonyl (C=O) groups excluding carboxylic acids is 1. The summed E-state index contributed by atoms with van der Waals surface area (Å²) in [6, 6.07) is 21.1. The summed E-state index contributed by atoms with van der Waals surface area (Å²) < 4.78 is 41.3. The first kappa shape index (κ1) is 20.8. The number of para-hydroxylation sites is 1. The molecule has 1 atom stereocenters. The molecule has 7 heteroatoms. The molecule has 3 aromatic carbocycles. The summed E-state index contributed by atoms with van der Waals surface area (Å²) in [7, 11) is -3.88. The number of nitrogens with zero attached hydrogens (tertiary/aromatic N) is 1. The number of benzene rings is 3. The molecule has 0 aliphatic carbocycles. The van der Waals surface area contributed by atoms with Gasteiger partial charge in [0, 0.05) is 17.1 Å². The summed E-state index contributed by atoms with van der Waals surface area (Å²) in [5.74, 6) is -0.742. The highest BCUT2D eigenvalue weighted by Gasteiger charge is 2.24. The van der Waals surface area contributed by atoms with Crippen LogP contribution in [0.2, 0.25) is 0 Å². The van der Waals surface area contributed by atoms with E-state index in [1.54, 1.807) is 28.8 Å². The molecule has 1 aromatic heterocycles. The molecule has 4 aromatic rings. The van der Waals surface area contributed by atoms with E-state index in [-0.39, 0.29) is 28.3 Å². The number of sulfone groups is 1. The van der Waals surface area contributed by atoms with Crippen molar-refractivity contribution in [1.29, 1.82) is 0 Å². The Morgan fingerprint density at radius 2 is 1.61 bits per heavy atom. The number of rotatable bonds is 6. The fourth-order valence-corrected chi connectivity index (χ4v) is 5.04. The number of hydrogen-bond acceptors (Lipinski definition) is 3. The van der Waals surface area contributed by atoms with Crippen LogP contribution in [0.5, 0.6) is 0 Å². The van der Waals surface area contributed by atoms with E-state index < -0.39 is 15.7 Å². The van der Waals surface area contributed by atoms with E-state index >= 15 is 0 Å². The molecule has 0 aliphatic rings. The summed E-state index contributed by atoms with van der Waals surface area (Å²) in [5.41, 5.74) is 1.61. The van der Waals surface area contributed by atoms with Crippen LogP contribution in [-0.2, 0) is 21.2 Å². The lowest BCUT2D eigenvalue weighted by Gasteiger charge is -2.15. The summed E-state index contributed by atoms with van der Waals surface area (Å²) in [6.07, 6.45) is 1.47.